The first-order chi connectivity index (χ1) is 16.5. The summed E-state index contributed by atoms with van der Waals surface area (Å²) in [5.41, 5.74) is 2.38. The zero-order valence-corrected chi connectivity index (χ0v) is 20.2. The lowest BCUT2D eigenvalue weighted by Gasteiger charge is -2.21. The van der Waals surface area contributed by atoms with E-state index in [1.54, 1.807) is 24.3 Å². The fraction of sp³-hybridized carbons (Fsp3) is 0.385. The van der Waals surface area contributed by atoms with E-state index >= 15 is 0 Å². The number of thioether (sulfide) groups is 1. The van der Waals surface area contributed by atoms with Crippen molar-refractivity contribution in [2.75, 3.05) is 31.5 Å². The van der Waals surface area contributed by atoms with E-state index in [9.17, 15) is 14.4 Å². The molecule has 0 aromatic heterocycles. The Labute approximate surface area is 204 Å². The Kier molecular flexibility index (Phi) is 8.00. The number of carbonyl (C=O) groups excluding carboxylic acids is 3. The van der Waals surface area contributed by atoms with E-state index in [1.165, 1.54) is 17.3 Å². The highest BCUT2D eigenvalue weighted by atomic mass is 32.2. The topological polar surface area (TPSA) is 82.1 Å². The van der Waals surface area contributed by atoms with Crippen LogP contribution in [0.25, 0.3) is 0 Å². The standard InChI is InChI=1S/C26H30N4O3S/c1-2-29(17-14-19-8-4-3-5-9-19)25(33)20-10-12-21(13-11-20)27-23(31)18-22-24(32)28-26(34-22)30-15-6-7-16-30/h3-5,8-13,22H,2,6-7,14-18H2,1H3,(H,27,31). The highest BCUT2D eigenvalue weighted by Gasteiger charge is 2.33. The van der Waals surface area contributed by atoms with Crippen molar-refractivity contribution in [2.45, 2.75) is 37.9 Å². The minimum Gasteiger partial charge on any atom is -0.351 e. The Balaban J connectivity index is 1.27. The summed E-state index contributed by atoms with van der Waals surface area (Å²) in [7, 11) is 0. The van der Waals surface area contributed by atoms with E-state index in [0.717, 1.165) is 37.5 Å². The summed E-state index contributed by atoms with van der Waals surface area (Å²) in [6, 6.07) is 17.0. The van der Waals surface area contributed by atoms with Gasteiger partial charge in [0.2, 0.25) is 5.91 Å². The number of rotatable bonds is 8. The quantitative estimate of drug-likeness (QED) is 0.624. The second-order valence-electron chi connectivity index (χ2n) is 8.48. The number of likely N-dealkylation sites (N-methyl/N-ethyl adjacent to an activating group) is 1. The summed E-state index contributed by atoms with van der Waals surface area (Å²) in [4.78, 5) is 45.8. The normalized spacial score (nSPS) is 17.6. The maximum Gasteiger partial charge on any atom is 0.262 e. The molecule has 34 heavy (non-hydrogen) atoms. The molecular formula is C26H30N4O3S. The van der Waals surface area contributed by atoms with Crippen molar-refractivity contribution in [3.63, 3.8) is 0 Å². The van der Waals surface area contributed by atoms with E-state index in [-0.39, 0.29) is 24.1 Å². The Morgan fingerprint density at radius 3 is 2.47 bits per heavy atom. The van der Waals surface area contributed by atoms with Gasteiger partial charge in [0.15, 0.2) is 5.17 Å². The van der Waals surface area contributed by atoms with Gasteiger partial charge in [-0.05, 0) is 56.0 Å². The predicted molar refractivity (Wildman–Crippen MR) is 136 cm³/mol. The molecule has 178 valence electrons. The maximum atomic E-state index is 12.9. The lowest BCUT2D eigenvalue weighted by Crippen LogP contribution is -2.32. The van der Waals surface area contributed by atoms with E-state index in [1.807, 2.05) is 30.0 Å². The molecule has 2 aromatic rings. The van der Waals surface area contributed by atoms with Crippen LogP contribution in [0, 0.1) is 0 Å². The number of nitrogens with one attached hydrogen (secondary N) is 1. The highest BCUT2D eigenvalue weighted by Crippen LogP contribution is 2.29. The van der Waals surface area contributed by atoms with Gasteiger partial charge in [0.05, 0.1) is 0 Å². The molecule has 1 saturated heterocycles. The van der Waals surface area contributed by atoms with Crippen molar-refractivity contribution in [2.24, 2.45) is 4.99 Å². The minimum absolute atomic E-state index is 0.0316. The lowest BCUT2D eigenvalue weighted by molar-refractivity contribution is -0.121. The van der Waals surface area contributed by atoms with Crippen LogP contribution in [0.3, 0.4) is 0 Å². The van der Waals surface area contributed by atoms with Gasteiger partial charge in [-0.1, -0.05) is 42.1 Å². The molecule has 0 radical (unpaired) electrons. The molecule has 2 aliphatic rings. The molecular weight excluding hydrogens is 448 g/mol. The summed E-state index contributed by atoms with van der Waals surface area (Å²) in [5.74, 6) is -0.505. The van der Waals surface area contributed by atoms with Crippen LogP contribution in [0.15, 0.2) is 59.6 Å². The van der Waals surface area contributed by atoms with Crippen LogP contribution < -0.4 is 5.32 Å². The number of likely N-dealkylation sites (tertiary alicyclic amines) is 1. The third-order valence-corrected chi connectivity index (χ3v) is 7.29. The van der Waals surface area contributed by atoms with Gasteiger partial charge >= 0.3 is 0 Å². The third-order valence-electron chi connectivity index (χ3n) is 6.07. The van der Waals surface area contributed by atoms with Crippen LogP contribution in [0.5, 0.6) is 0 Å². The summed E-state index contributed by atoms with van der Waals surface area (Å²) in [6.07, 6.45) is 3.10. The Morgan fingerprint density at radius 2 is 1.79 bits per heavy atom. The molecule has 0 bridgehead atoms. The van der Waals surface area contributed by atoms with Crippen molar-refractivity contribution < 1.29 is 14.4 Å². The van der Waals surface area contributed by atoms with Gasteiger partial charge in [-0.3, -0.25) is 14.4 Å². The molecule has 8 heteroatoms. The molecule has 0 aliphatic carbocycles. The number of carbonyl (C=O) groups is 3. The van der Waals surface area contributed by atoms with Crippen LogP contribution >= 0.6 is 11.8 Å². The molecule has 0 spiro atoms. The van der Waals surface area contributed by atoms with Crippen LogP contribution in [0.4, 0.5) is 5.69 Å². The number of hydrogen-bond donors (Lipinski definition) is 1. The van der Waals surface area contributed by atoms with E-state index in [0.29, 0.717) is 24.3 Å². The summed E-state index contributed by atoms with van der Waals surface area (Å²) < 4.78 is 0. The zero-order valence-electron chi connectivity index (χ0n) is 19.4. The van der Waals surface area contributed by atoms with E-state index < -0.39 is 5.25 Å². The Hall–Kier alpha value is -3.13. The van der Waals surface area contributed by atoms with Crippen molar-refractivity contribution >= 4 is 40.3 Å². The van der Waals surface area contributed by atoms with Gasteiger partial charge in [-0.2, -0.15) is 4.99 Å². The summed E-state index contributed by atoms with van der Waals surface area (Å²) >= 11 is 1.39. The molecule has 2 heterocycles. The molecule has 2 aliphatic heterocycles. The first kappa shape index (κ1) is 24.0. The molecule has 4 rings (SSSR count). The first-order valence-corrected chi connectivity index (χ1v) is 12.7. The number of aliphatic imine (C=N–C) groups is 1. The molecule has 1 atom stereocenters. The highest BCUT2D eigenvalue weighted by molar-refractivity contribution is 8.15. The van der Waals surface area contributed by atoms with Gasteiger partial charge in [0, 0.05) is 43.9 Å². The number of anilines is 1. The molecule has 1 N–H and O–H groups in total. The van der Waals surface area contributed by atoms with Gasteiger partial charge in [0.25, 0.3) is 11.8 Å². The molecule has 2 aromatic carbocycles. The fourth-order valence-corrected chi connectivity index (χ4v) is 5.24. The van der Waals surface area contributed by atoms with Gasteiger partial charge < -0.3 is 15.1 Å². The summed E-state index contributed by atoms with van der Waals surface area (Å²) in [5, 5.41) is 3.11. The molecule has 1 unspecified atom stereocenters. The van der Waals surface area contributed by atoms with Crippen molar-refractivity contribution in [1.82, 2.24) is 9.80 Å². The fourth-order valence-electron chi connectivity index (χ4n) is 4.12. The van der Waals surface area contributed by atoms with Crippen LogP contribution in [0.2, 0.25) is 0 Å². The average molecular weight is 479 g/mol. The SMILES string of the molecule is CCN(CCc1ccccc1)C(=O)c1ccc(NC(=O)CC2SC(N3CCCC3)=NC2=O)cc1. The molecule has 0 saturated carbocycles. The number of nitrogens with zero attached hydrogens (tertiary/aromatic N) is 3. The lowest BCUT2D eigenvalue weighted by atomic mass is 10.1. The second-order valence-corrected chi connectivity index (χ2v) is 9.65. The monoisotopic (exact) mass is 478 g/mol. The average Bonchev–Trinajstić information content (AvgIpc) is 3.51. The molecule has 1 fully saturated rings. The van der Waals surface area contributed by atoms with Gasteiger partial charge in [-0.15, -0.1) is 0 Å². The first-order valence-electron chi connectivity index (χ1n) is 11.8. The van der Waals surface area contributed by atoms with Crippen molar-refractivity contribution in [3.05, 3.63) is 65.7 Å². The number of amidine groups is 1. The van der Waals surface area contributed by atoms with Crippen molar-refractivity contribution in [1.29, 1.82) is 0 Å². The van der Waals surface area contributed by atoms with E-state index in [2.05, 4.69) is 27.3 Å². The Bertz CT molecular complexity index is 1050. The largest absolute Gasteiger partial charge is 0.351 e. The van der Waals surface area contributed by atoms with Gasteiger partial charge in [0.1, 0.15) is 5.25 Å². The second kappa shape index (κ2) is 11.3. The van der Waals surface area contributed by atoms with Crippen LogP contribution in [-0.4, -0.2) is 64.1 Å². The maximum absolute atomic E-state index is 12.9. The van der Waals surface area contributed by atoms with Crippen LogP contribution in [-0.2, 0) is 16.0 Å². The minimum atomic E-state index is -0.473. The smallest absolute Gasteiger partial charge is 0.262 e. The van der Waals surface area contributed by atoms with Crippen molar-refractivity contribution in [3.8, 4) is 0 Å². The number of benzene rings is 2. The zero-order chi connectivity index (χ0) is 23.9. The number of amides is 3. The van der Waals surface area contributed by atoms with Gasteiger partial charge in [-0.25, -0.2) is 0 Å². The molecule has 7 nitrogen and oxygen atoms in total. The summed E-state index contributed by atoms with van der Waals surface area (Å²) in [6.45, 7) is 5.08. The molecule has 3 amide bonds. The van der Waals surface area contributed by atoms with E-state index in [4.69, 9.17) is 0 Å². The third kappa shape index (κ3) is 6.05. The van der Waals surface area contributed by atoms with Crippen LogP contribution in [0.1, 0.15) is 42.1 Å². The number of hydrogen-bond acceptors (Lipinski definition) is 5. The predicted octanol–water partition coefficient (Wildman–Crippen LogP) is 3.81. The Morgan fingerprint density at radius 1 is 1.09 bits per heavy atom.